The number of rotatable bonds is 4. The van der Waals surface area contributed by atoms with Crippen molar-refractivity contribution in [3.63, 3.8) is 0 Å². The number of anilines is 2. The molecule has 3 aromatic heterocycles. The fourth-order valence-electron chi connectivity index (χ4n) is 4.32. The van der Waals surface area contributed by atoms with Crippen molar-refractivity contribution in [3.05, 3.63) is 57.1 Å². The first kappa shape index (κ1) is 20.6. The predicted molar refractivity (Wildman–Crippen MR) is 131 cm³/mol. The zero-order chi connectivity index (χ0) is 22.7. The van der Waals surface area contributed by atoms with Crippen molar-refractivity contribution >= 4 is 34.0 Å². The molecule has 1 aliphatic heterocycles. The lowest BCUT2D eigenvalue weighted by atomic mass is 9.98. The van der Waals surface area contributed by atoms with Crippen molar-refractivity contribution in [3.8, 4) is 5.00 Å². The van der Waals surface area contributed by atoms with Crippen LogP contribution in [0.4, 0.5) is 11.6 Å². The standard InChI is InChI=1S/C24H27N7OS/c1-24(2,3)22-26-13-19(33-22)31-20-18(21(32)30(31)17-6-7-17)12-27-23(29-20)28-16-5-4-14-8-9-25-11-15(14)10-16/h4-5,10,12-13,17,25H,6-9,11H2,1-3H3,(H,27,28,29). The molecule has 4 heterocycles. The summed E-state index contributed by atoms with van der Waals surface area (Å²) >= 11 is 1.61. The third-order valence-corrected chi connectivity index (χ3v) is 7.61. The molecular formula is C24H27N7OS. The topological polar surface area (TPSA) is 89.7 Å². The van der Waals surface area contributed by atoms with Gasteiger partial charge in [-0.1, -0.05) is 38.2 Å². The highest BCUT2D eigenvalue weighted by molar-refractivity contribution is 7.14. The molecule has 8 nitrogen and oxygen atoms in total. The van der Waals surface area contributed by atoms with Crippen molar-refractivity contribution in [2.45, 2.75) is 58.0 Å². The average molecular weight is 462 g/mol. The summed E-state index contributed by atoms with van der Waals surface area (Å²) < 4.78 is 3.79. The maximum Gasteiger partial charge on any atom is 0.278 e. The summed E-state index contributed by atoms with van der Waals surface area (Å²) in [5, 5.41) is 9.23. The van der Waals surface area contributed by atoms with E-state index in [0.717, 1.165) is 48.0 Å². The molecule has 0 amide bonds. The van der Waals surface area contributed by atoms with Crippen molar-refractivity contribution in [2.24, 2.45) is 0 Å². The summed E-state index contributed by atoms with van der Waals surface area (Å²) in [5.41, 5.74) is 4.15. The monoisotopic (exact) mass is 461 g/mol. The van der Waals surface area contributed by atoms with Crippen LogP contribution in [-0.4, -0.2) is 30.9 Å². The van der Waals surface area contributed by atoms with Crippen LogP contribution in [0.2, 0.25) is 0 Å². The molecule has 2 N–H and O–H groups in total. The van der Waals surface area contributed by atoms with Crippen LogP contribution in [0.3, 0.4) is 0 Å². The third kappa shape index (κ3) is 3.65. The van der Waals surface area contributed by atoms with Crippen LogP contribution in [0.15, 0.2) is 35.4 Å². The minimum Gasteiger partial charge on any atom is -0.324 e. The van der Waals surface area contributed by atoms with Gasteiger partial charge in [-0.25, -0.2) is 19.3 Å². The fraction of sp³-hybridized carbons (Fsp3) is 0.417. The zero-order valence-electron chi connectivity index (χ0n) is 19.1. The lowest BCUT2D eigenvalue weighted by molar-refractivity contribution is 0.564. The average Bonchev–Trinajstić information content (AvgIpc) is 3.42. The Hall–Kier alpha value is -3.04. The molecule has 33 heavy (non-hydrogen) atoms. The molecule has 170 valence electrons. The lowest BCUT2D eigenvalue weighted by Gasteiger charge is -2.18. The molecule has 1 aromatic carbocycles. The molecule has 6 rings (SSSR count). The first-order valence-electron chi connectivity index (χ1n) is 11.4. The molecule has 0 saturated heterocycles. The smallest absolute Gasteiger partial charge is 0.278 e. The highest BCUT2D eigenvalue weighted by Gasteiger charge is 2.32. The van der Waals surface area contributed by atoms with E-state index in [-0.39, 0.29) is 17.0 Å². The summed E-state index contributed by atoms with van der Waals surface area (Å²) in [7, 11) is 0. The molecule has 0 radical (unpaired) electrons. The molecule has 4 aromatic rings. The second-order valence-electron chi connectivity index (χ2n) is 9.91. The number of aromatic nitrogens is 5. The van der Waals surface area contributed by atoms with E-state index < -0.39 is 0 Å². The number of hydrogen-bond donors (Lipinski definition) is 2. The molecule has 1 aliphatic carbocycles. The summed E-state index contributed by atoms with van der Waals surface area (Å²) in [6.45, 7) is 8.33. The highest BCUT2D eigenvalue weighted by atomic mass is 32.1. The van der Waals surface area contributed by atoms with Gasteiger partial charge in [0.15, 0.2) is 5.65 Å². The lowest BCUT2D eigenvalue weighted by Crippen LogP contribution is -2.23. The molecule has 0 unspecified atom stereocenters. The van der Waals surface area contributed by atoms with E-state index in [2.05, 4.69) is 59.6 Å². The molecule has 0 bridgehead atoms. The first-order valence-corrected chi connectivity index (χ1v) is 12.3. The summed E-state index contributed by atoms with van der Waals surface area (Å²) in [5.74, 6) is 0.480. The Morgan fingerprint density at radius 2 is 2.00 bits per heavy atom. The van der Waals surface area contributed by atoms with Gasteiger partial charge in [0.1, 0.15) is 15.4 Å². The van der Waals surface area contributed by atoms with Crippen LogP contribution < -0.4 is 16.2 Å². The highest BCUT2D eigenvalue weighted by Crippen LogP contribution is 2.37. The van der Waals surface area contributed by atoms with E-state index in [1.54, 1.807) is 17.5 Å². The van der Waals surface area contributed by atoms with Crippen molar-refractivity contribution in [1.82, 2.24) is 29.6 Å². The van der Waals surface area contributed by atoms with Gasteiger partial charge < -0.3 is 10.6 Å². The van der Waals surface area contributed by atoms with Gasteiger partial charge >= 0.3 is 0 Å². The zero-order valence-corrected chi connectivity index (χ0v) is 19.9. The van der Waals surface area contributed by atoms with Gasteiger partial charge in [0.2, 0.25) is 5.95 Å². The van der Waals surface area contributed by atoms with E-state index >= 15 is 0 Å². The molecule has 0 spiro atoms. The van der Waals surface area contributed by atoms with E-state index in [4.69, 9.17) is 4.98 Å². The SMILES string of the molecule is CC(C)(C)c1ncc(-n2c3nc(Nc4ccc5c(c4)CNCC5)ncc3c(=O)n2C2CC2)s1. The van der Waals surface area contributed by atoms with Gasteiger partial charge in [0.25, 0.3) is 5.56 Å². The van der Waals surface area contributed by atoms with E-state index in [1.165, 1.54) is 11.1 Å². The maximum absolute atomic E-state index is 13.3. The normalized spacial score (nSPS) is 16.2. The minimum absolute atomic E-state index is 0.0374. The second kappa shape index (κ2) is 7.50. The Kier molecular flexibility index (Phi) is 4.67. The predicted octanol–water partition coefficient (Wildman–Crippen LogP) is 4.06. The molecular weight excluding hydrogens is 434 g/mol. The number of benzene rings is 1. The van der Waals surface area contributed by atoms with Crippen LogP contribution >= 0.6 is 11.3 Å². The third-order valence-electron chi connectivity index (χ3n) is 6.21. The van der Waals surface area contributed by atoms with E-state index in [0.29, 0.717) is 17.0 Å². The largest absolute Gasteiger partial charge is 0.324 e. The van der Waals surface area contributed by atoms with Gasteiger partial charge in [-0.05, 0) is 49.1 Å². The Morgan fingerprint density at radius 1 is 1.15 bits per heavy atom. The van der Waals surface area contributed by atoms with Gasteiger partial charge in [-0.15, -0.1) is 0 Å². The fourth-order valence-corrected chi connectivity index (χ4v) is 5.29. The van der Waals surface area contributed by atoms with Crippen LogP contribution in [0, 0.1) is 0 Å². The summed E-state index contributed by atoms with van der Waals surface area (Å²) in [4.78, 5) is 27.2. The molecule has 1 fully saturated rings. The van der Waals surface area contributed by atoms with Crippen molar-refractivity contribution in [1.29, 1.82) is 0 Å². The van der Waals surface area contributed by atoms with Crippen molar-refractivity contribution < 1.29 is 0 Å². The number of hydrogen-bond acceptors (Lipinski definition) is 7. The first-order chi connectivity index (χ1) is 15.9. The molecule has 0 atom stereocenters. The van der Waals surface area contributed by atoms with Gasteiger partial charge in [0.05, 0.1) is 12.2 Å². The van der Waals surface area contributed by atoms with Crippen LogP contribution in [0.5, 0.6) is 0 Å². The Morgan fingerprint density at radius 3 is 2.76 bits per heavy atom. The van der Waals surface area contributed by atoms with Crippen LogP contribution in [0.25, 0.3) is 16.0 Å². The van der Waals surface area contributed by atoms with Crippen LogP contribution in [0.1, 0.15) is 55.8 Å². The Bertz CT molecular complexity index is 1420. The Balaban J connectivity index is 1.44. The number of thiazole rings is 1. The van der Waals surface area contributed by atoms with E-state index in [1.807, 2.05) is 15.6 Å². The Labute approximate surface area is 195 Å². The number of fused-ring (bicyclic) bond motifs is 2. The van der Waals surface area contributed by atoms with Gasteiger partial charge in [-0.3, -0.25) is 4.79 Å². The minimum atomic E-state index is -0.0560. The van der Waals surface area contributed by atoms with Crippen LogP contribution in [-0.2, 0) is 18.4 Å². The number of nitrogens with zero attached hydrogens (tertiary/aromatic N) is 5. The number of nitrogens with one attached hydrogen (secondary N) is 2. The summed E-state index contributed by atoms with van der Waals surface area (Å²) in [6, 6.07) is 6.59. The molecule has 9 heteroatoms. The molecule has 2 aliphatic rings. The van der Waals surface area contributed by atoms with Gasteiger partial charge in [-0.2, -0.15) is 4.98 Å². The summed E-state index contributed by atoms with van der Waals surface area (Å²) in [6.07, 6.45) is 6.55. The van der Waals surface area contributed by atoms with Gasteiger partial charge in [0, 0.05) is 23.8 Å². The van der Waals surface area contributed by atoms with Crippen molar-refractivity contribution in [2.75, 3.05) is 11.9 Å². The second-order valence-corrected chi connectivity index (χ2v) is 10.9. The maximum atomic E-state index is 13.3. The van der Waals surface area contributed by atoms with E-state index in [9.17, 15) is 4.79 Å². The molecule has 1 saturated carbocycles. The quantitative estimate of drug-likeness (QED) is 0.476.